The second kappa shape index (κ2) is 7.58. The summed E-state index contributed by atoms with van der Waals surface area (Å²) in [5.41, 5.74) is 3.68. The molecule has 0 saturated heterocycles. The number of fused-ring (bicyclic) bond motifs is 2. The average molecular weight is 370 g/mol. The van der Waals surface area contributed by atoms with Crippen LogP contribution in [0, 0.1) is 0 Å². The Bertz CT molecular complexity index is 1090. The van der Waals surface area contributed by atoms with E-state index in [1.807, 2.05) is 37.3 Å². The molecule has 0 aliphatic rings. The second-order valence-corrected chi connectivity index (χ2v) is 5.95. The number of nitrogens with zero attached hydrogens (tertiary/aromatic N) is 3. The monoisotopic (exact) mass is 369 g/mol. The maximum absolute atomic E-state index is 12.0. The van der Waals surface area contributed by atoms with Crippen molar-refractivity contribution in [3.63, 3.8) is 0 Å². The van der Waals surface area contributed by atoms with Crippen LogP contribution in [-0.4, -0.2) is 26.1 Å². The molecule has 0 bridgehead atoms. The minimum Gasteiger partial charge on any atom is -0.369 e. The van der Waals surface area contributed by atoms with Gasteiger partial charge in [-0.1, -0.05) is 30.3 Å². The van der Waals surface area contributed by atoms with Crippen molar-refractivity contribution in [3.05, 3.63) is 64.8 Å². The number of nitrogens with one attached hydrogen (secondary N) is 2. The van der Waals surface area contributed by atoms with Gasteiger partial charge in [0.2, 0.25) is 0 Å². The van der Waals surface area contributed by atoms with E-state index in [-0.39, 0.29) is 18.1 Å². The van der Waals surface area contributed by atoms with E-state index >= 15 is 0 Å². The van der Waals surface area contributed by atoms with Crippen molar-refractivity contribution >= 4 is 40.2 Å². The number of anilines is 1. The molecule has 2 aromatic carbocycles. The van der Waals surface area contributed by atoms with Gasteiger partial charge in [-0.2, -0.15) is 0 Å². The van der Waals surface area contributed by atoms with Crippen LogP contribution in [0.15, 0.2) is 53.6 Å². The third kappa shape index (κ3) is 3.28. The highest BCUT2D eigenvalue weighted by atomic mass is 35.5. The molecule has 4 aromatic rings. The molecular weight excluding hydrogens is 350 g/mol. The van der Waals surface area contributed by atoms with Gasteiger partial charge < -0.3 is 10.3 Å². The van der Waals surface area contributed by atoms with Gasteiger partial charge in [-0.15, -0.1) is 12.4 Å². The number of H-pyrrole nitrogens is 1. The third-order valence-corrected chi connectivity index (χ3v) is 4.40. The Morgan fingerprint density at radius 1 is 1.15 bits per heavy atom. The highest BCUT2D eigenvalue weighted by Crippen LogP contribution is 2.24. The lowest BCUT2D eigenvalue weighted by Crippen LogP contribution is -2.14. The van der Waals surface area contributed by atoms with Crippen LogP contribution in [0.1, 0.15) is 12.5 Å². The predicted molar refractivity (Wildman–Crippen MR) is 107 cm³/mol. The van der Waals surface area contributed by atoms with E-state index in [2.05, 4.69) is 32.4 Å². The van der Waals surface area contributed by atoms with E-state index in [4.69, 9.17) is 0 Å². The molecule has 0 unspecified atom stereocenters. The Morgan fingerprint density at radius 2 is 1.96 bits per heavy atom. The van der Waals surface area contributed by atoms with Gasteiger partial charge in [0.15, 0.2) is 0 Å². The Hall–Kier alpha value is -2.86. The number of aryl methyl sites for hydroxylation is 1. The zero-order valence-electron chi connectivity index (χ0n) is 14.4. The van der Waals surface area contributed by atoms with Crippen molar-refractivity contribution in [1.82, 2.24) is 19.5 Å². The quantitative estimate of drug-likeness (QED) is 0.565. The van der Waals surface area contributed by atoms with Gasteiger partial charge in [0.1, 0.15) is 12.1 Å². The lowest BCUT2D eigenvalue weighted by Gasteiger charge is -2.09. The fourth-order valence-electron chi connectivity index (χ4n) is 3.13. The zero-order valence-corrected chi connectivity index (χ0v) is 15.2. The van der Waals surface area contributed by atoms with Gasteiger partial charge in [-0.3, -0.25) is 4.57 Å². The maximum atomic E-state index is 12.0. The maximum Gasteiger partial charge on any atom is 0.326 e. The Morgan fingerprint density at radius 3 is 2.73 bits per heavy atom. The molecule has 26 heavy (non-hydrogen) atoms. The van der Waals surface area contributed by atoms with Crippen molar-refractivity contribution in [1.29, 1.82) is 0 Å². The molecule has 0 spiro atoms. The topological polar surface area (TPSA) is 75.6 Å². The first-order valence-electron chi connectivity index (χ1n) is 8.41. The molecule has 2 heterocycles. The van der Waals surface area contributed by atoms with Crippen LogP contribution in [0.5, 0.6) is 0 Å². The molecule has 0 saturated carbocycles. The number of aromatic amines is 1. The molecule has 4 rings (SSSR count). The van der Waals surface area contributed by atoms with Crippen molar-refractivity contribution in [2.45, 2.75) is 19.9 Å². The smallest absolute Gasteiger partial charge is 0.326 e. The van der Waals surface area contributed by atoms with Crippen LogP contribution in [0.25, 0.3) is 21.9 Å². The molecule has 2 N–H and O–H groups in total. The van der Waals surface area contributed by atoms with Gasteiger partial charge >= 0.3 is 5.69 Å². The van der Waals surface area contributed by atoms with Gasteiger partial charge in [-0.25, -0.2) is 14.8 Å². The largest absolute Gasteiger partial charge is 0.369 e. The molecule has 0 atom stereocenters. The van der Waals surface area contributed by atoms with Crippen molar-refractivity contribution in [2.24, 2.45) is 0 Å². The van der Waals surface area contributed by atoms with Gasteiger partial charge in [0.05, 0.1) is 16.6 Å². The molecule has 2 aromatic heterocycles. The van der Waals surface area contributed by atoms with E-state index in [1.165, 1.54) is 5.56 Å². The third-order valence-electron chi connectivity index (χ3n) is 4.40. The number of hydrogen-bond acceptors (Lipinski definition) is 4. The Kier molecular flexibility index (Phi) is 5.23. The van der Waals surface area contributed by atoms with Crippen LogP contribution >= 0.6 is 12.4 Å². The molecule has 0 aliphatic heterocycles. The summed E-state index contributed by atoms with van der Waals surface area (Å²) in [7, 11) is 0. The molecule has 0 aliphatic carbocycles. The Balaban J connectivity index is 0.00000196. The first-order chi connectivity index (χ1) is 12.3. The molecule has 7 heteroatoms. The first-order valence-corrected chi connectivity index (χ1v) is 8.41. The minimum absolute atomic E-state index is 0. The summed E-state index contributed by atoms with van der Waals surface area (Å²) in [6.07, 6.45) is 2.47. The number of rotatable bonds is 5. The molecule has 6 nitrogen and oxygen atoms in total. The van der Waals surface area contributed by atoms with Crippen LogP contribution in [0.2, 0.25) is 0 Å². The number of aromatic nitrogens is 4. The lowest BCUT2D eigenvalue weighted by atomic mass is 10.1. The fraction of sp³-hybridized carbons (Fsp3) is 0.211. The summed E-state index contributed by atoms with van der Waals surface area (Å²) in [5, 5.41) is 4.30. The van der Waals surface area contributed by atoms with Crippen LogP contribution in [-0.2, 0) is 13.0 Å². The number of benzene rings is 2. The van der Waals surface area contributed by atoms with E-state index in [0.717, 1.165) is 40.7 Å². The standard InChI is InChI=1S/C19H19N5O.ClH/c1-2-24-17-11-15-14(10-16(17)23-19(24)25)18(22-12-21-15)20-9-8-13-6-4-3-5-7-13;/h3-7,10-12H,2,8-9H2,1H3,(H,23,25)(H,20,21,22);1H. The summed E-state index contributed by atoms with van der Waals surface area (Å²) in [5.74, 6) is 0.785. The van der Waals surface area contributed by atoms with Crippen molar-refractivity contribution in [2.75, 3.05) is 11.9 Å². The molecule has 0 radical (unpaired) electrons. The van der Waals surface area contributed by atoms with E-state index in [1.54, 1.807) is 10.9 Å². The van der Waals surface area contributed by atoms with E-state index in [9.17, 15) is 4.79 Å². The molecule has 0 amide bonds. The van der Waals surface area contributed by atoms with Crippen LogP contribution in [0.3, 0.4) is 0 Å². The summed E-state index contributed by atoms with van der Waals surface area (Å²) >= 11 is 0. The van der Waals surface area contributed by atoms with Gasteiger partial charge in [-0.05, 0) is 31.0 Å². The summed E-state index contributed by atoms with van der Waals surface area (Å²) < 4.78 is 1.71. The Labute approximate surface area is 156 Å². The van der Waals surface area contributed by atoms with Crippen LogP contribution in [0.4, 0.5) is 5.82 Å². The fourth-order valence-corrected chi connectivity index (χ4v) is 3.13. The summed E-state index contributed by atoms with van der Waals surface area (Å²) in [6, 6.07) is 14.2. The molecule has 0 fully saturated rings. The first kappa shape index (κ1) is 17.9. The lowest BCUT2D eigenvalue weighted by molar-refractivity contribution is 0.753. The minimum atomic E-state index is -0.0978. The normalized spacial score (nSPS) is 10.8. The van der Waals surface area contributed by atoms with Gasteiger partial charge in [0, 0.05) is 18.5 Å². The van der Waals surface area contributed by atoms with Crippen LogP contribution < -0.4 is 11.0 Å². The summed E-state index contributed by atoms with van der Waals surface area (Å²) in [6.45, 7) is 3.35. The molecule has 134 valence electrons. The van der Waals surface area contributed by atoms with Crippen molar-refractivity contribution < 1.29 is 0 Å². The number of hydrogen-bond donors (Lipinski definition) is 2. The SMILES string of the molecule is CCn1c(=O)[nH]c2cc3c(NCCc4ccccc4)ncnc3cc21.Cl. The zero-order chi connectivity index (χ0) is 17.2. The molecular formula is C19H20ClN5O. The highest BCUT2D eigenvalue weighted by Gasteiger charge is 2.10. The number of halogens is 1. The van der Waals surface area contributed by atoms with E-state index < -0.39 is 0 Å². The van der Waals surface area contributed by atoms with E-state index in [0.29, 0.717) is 6.54 Å². The second-order valence-electron chi connectivity index (χ2n) is 5.95. The average Bonchev–Trinajstić information content (AvgIpc) is 2.95. The highest BCUT2D eigenvalue weighted by molar-refractivity contribution is 5.98. The van der Waals surface area contributed by atoms with Crippen molar-refractivity contribution in [3.8, 4) is 0 Å². The summed E-state index contributed by atoms with van der Waals surface area (Å²) in [4.78, 5) is 23.7. The van der Waals surface area contributed by atoms with Gasteiger partial charge in [0.25, 0.3) is 0 Å². The number of imidazole rings is 1. The predicted octanol–water partition coefficient (Wildman–Crippen LogP) is 3.37.